The Labute approximate surface area is 138 Å². The number of methoxy groups -OCH3 is 2. The third-order valence-electron chi connectivity index (χ3n) is 3.35. The summed E-state index contributed by atoms with van der Waals surface area (Å²) < 4.78 is 11.5. The average molecular weight is 333 g/mol. The van der Waals surface area contributed by atoms with Gasteiger partial charge in [-0.2, -0.15) is 0 Å². The van der Waals surface area contributed by atoms with Gasteiger partial charge in [-0.25, -0.2) is 9.78 Å². The van der Waals surface area contributed by atoms with Crippen LogP contribution in [0.3, 0.4) is 0 Å². The van der Waals surface area contributed by atoms with Gasteiger partial charge in [0.25, 0.3) is 0 Å². The van der Waals surface area contributed by atoms with Crippen LogP contribution < -0.4 is 20.5 Å². The molecule has 24 heavy (non-hydrogen) atoms. The number of nitrogens with zero attached hydrogens (tertiary/aromatic N) is 2. The topological polar surface area (TPSA) is 103 Å². The molecule has 8 nitrogen and oxygen atoms in total. The van der Waals surface area contributed by atoms with Crippen LogP contribution in [0.1, 0.15) is 11.7 Å². The fourth-order valence-electron chi connectivity index (χ4n) is 2.07. The first-order valence-electron chi connectivity index (χ1n) is 7.22. The molecule has 2 N–H and O–H groups in total. The summed E-state index contributed by atoms with van der Waals surface area (Å²) in [6.07, 6.45) is 1.89. The lowest BCUT2D eigenvalue weighted by molar-refractivity contribution is -0.122. The van der Waals surface area contributed by atoms with Crippen molar-refractivity contribution in [3.05, 3.63) is 52.7 Å². The van der Waals surface area contributed by atoms with Crippen molar-refractivity contribution in [2.24, 2.45) is 0 Å². The van der Waals surface area contributed by atoms with E-state index in [0.717, 1.165) is 0 Å². The van der Waals surface area contributed by atoms with Gasteiger partial charge in [0.15, 0.2) is 0 Å². The molecule has 0 bridgehead atoms. The number of ether oxygens (including phenoxy) is 2. The Morgan fingerprint density at radius 3 is 2.54 bits per heavy atom. The molecule has 0 spiro atoms. The van der Waals surface area contributed by atoms with Gasteiger partial charge in [-0.05, 0) is 23.8 Å². The van der Waals surface area contributed by atoms with E-state index in [1.165, 1.54) is 31.2 Å². The van der Waals surface area contributed by atoms with Crippen LogP contribution in [-0.2, 0) is 11.3 Å². The third kappa shape index (κ3) is 4.56. The first kappa shape index (κ1) is 17.5. The molecular formula is C16H19N3O5. The van der Waals surface area contributed by atoms with Crippen LogP contribution in [0.15, 0.2) is 41.5 Å². The number of aliphatic hydroxyl groups excluding tert-OH is 1. The monoisotopic (exact) mass is 333 g/mol. The molecule has 1 amide bonds. The lowest BCUT2D eigenvalue weighted by atomic mass is 10.1. The van der Waals surface area contributed by atoms with E-state index in [0.29, 0.717) is 17.1 Å². The van der Waals surface area contributed by atoms with E-state index < -0.39 is 17.7 Å². The summed E-state index contributed by atoms with van der Waals surface area (Å²) in [5.74, 6) is 0.673. The van der Waals surface area contributed by atoms with Crippen molar-refractivity contribution >= 4 is 5.91 Å². The van der Waals surface area contributed by atoms with Crippen LogP contribution in [-0.4, -0.2) is 41.3 Å². The quantitative estimate of drug-likeness (QED) is 0.745. The predicted octanol–water partition coefficient (Wildman–Crippen LogP) is 0.110. The molecule has 2 aromatic rings. The van der Waals surface area contributed by atoms with Crippen LogP contribution in [0.2, 0.25) is 0 Å². The SMILES string of the molecule is COc1cc(OC)cc([C@@H](O)CNC(=O)Cn2cccnc2=O)c1. The second-order valence-corrected chi connectivity index (χ2v) is 5.00. The Hall–Kier alpha value is -2.87. The highest BCUT2D eigenvalue weighted by Crippen LogP contribution is 2.26. The molecule has 1 heterocycles. The van der Waals surface area contributed by atoms with Crippen molar-refractivity contribution in [2.45, 2.75) is 12.6 Å². The zero-order valence-corrected chi connectivity index (χ0v) is 13.4. The standard InChI is InChI=1S/C16H19N3O5/c1-23-12-6-11(7-13(8-12)24-2)14(20)9-18-15(21)10-19-5-3-4-17-16(19)22/h3-8,14,20H,9-10H2,1-2H3,(H,18,21)/t14-/m0/s1. The van der Waals surface area contributed by atoms with Gasteiger partial charge in [-0.3, -0.25) is 9.36 Å². The maximum absolute atomic E-state index is 11.9. The highest BCUT2D eigenvalue weighted by atomic mass is 16.5. The maximum Gasteiger partial charge on any atom is 0.347 e. The number of carbonyl (C=O) groups excluding carboxylic acids is 1. The van der Waals surface area contributed by atoms with Gasteiger partial charge in [0.2, 0.25) is 5.91 Å². The van der Waals surface area contributed by atoms with Crippen LogP contribution in [0.4, 0.5) is 0 Å². The number of rotatable bonds is 7. The minimum atomic E-state index is -0.941. The number of benzene rings is 1. The van der Waals surface area contributed by atoms with Gasteiger partial charge >= 0.3 is 5.69 Å². The van der Waals surface area contributed by atoms with E-state index in [4.69, 9.17) is 9.47 Å². The molecule has 1 aromatic carbocycles. The van der Waals surface area contributed by atoms with Crippen LogP contribution >= 0.6 is 0 Å². The summed E-state index contributed by atoms with van der Waals surface area (Å²) in [4.78, 5) is 26.9. The van der Waals surface area contributed by atoms with E-state index in [2.05, 4.69) is 10.3 Å². The summed E-state index contributed by atoms with van der Waals surface area (Å²) in [6.45, 7) is -0.176. The second kappa shape index (κ2) is 8.11. The molecular weight excluding hydrogens is 314 g/mol. The van der Waals surface area contributed by atoms with E-state index in [1.807, 2.05) is 0 Å². The van der Waals surface area contributed by atoms with Gasteiger partial charge < -0.3 is 19.9 Å². The second-order valence-electron chi connectivity index (χ2n) is 5.00. The average Bonchev–Trinajstić information content (AvgIpc) is 2.61. The molecule has 0 aliphatic carbocycles. The van der Waals surface area contributed by atoms with Crippen LogP contribution in [0.25, 0.3) is 0 Å². The minimum Gasteiger partial charge on any atom is -0.497 e. The van der Waals surface area contributed by atoms with E-state index in [1.54, 1.807) is 24.3 Å². The van der Waals surface area contributed by atoms with Crippen molar-refractivity contribution in [3.63, 3.8) is 0 Å². The Balaban J connectivity index is 1.97. The molecule has 0 saturated carbocycles. The predicted molar refractivity (Wildman–Crippen MR) is 86.0 cm³/mol. The number of hydrogen-bond donors (Lipinski definition) is 2. The maximum atomic E-state index is 11.9. The molecule has 0 radical (unpaired) electrons. The van der Waals surface area contributed by atoms with Crippen molar-refractivity contribution in [3.8, 4) is 11.5 Å². The summed E-state index contributed by atoms with van der Waals surface area (Å²) in [7, 11) is 3.02. The molecule has 0 fully saturated rings. The fourth-order valence-corrected chi connectivity index (χ4v) is 2.07. The number of aromatic nitrogens is 2. The van der Waals surface area contributed by atoms with Crippen molar-refractivity contribution in [1.82, 2.24) is 14.9 Å². The third-order valence-corrected chi connectivity index (χ3v) is 3.35. The number of hydrogen-bond acceptors (Lipinski definition) is 6. The molecule has 1 atom stereocenters. The van der Waals surface area contributed by atoms with Gasteiger partial charge in [0.1, 0.15) is 18.0 Å². The van der Waals surface area contributed by atoms with Crippen molar-refractivity contribution < 1.29 is 19.4 Å². The van der Waals surface area contributed by atoms with Gasteiger partial charge in [-0.1, -0.05) is 0 Å². The highest BCUT2D eigenvalue weighted by Gasteiger charge is 2.13. The van der Waals surface area contributed by atoms with Gasteiger partial charge in [-0.15, -0.1) is 0 Å². The van der Waals surface area contributed by atoms with Crippen LogP contribution in [0.5, 0.6) is 11.5 Å². The lowest BCUT2D eigenvalue weighted by Crippen LogP contribution is -2.35. The molecule has 1 aromatic heterocycles. The molecule has 2 rings (SSSR count). The zero-order valence-electron chi connectivity index (χ0n) is 13.4. The first-order valence-corrected chi connectivity index (χ1v) is 7.22. The molecule has 0 unspecified atom stereocenters. The summed E-state index contributed by atoms with van der Waals surface area (Å²) in [5.41, 5.74) is 0.0378. The molecule has 0 aliphatic heterocycles. The summed E-state index contributed by atoms with van der Waals surface area (Å²) in [5, 5.41) is 12.8. The van der Waals surface area contributed by atoms with Crippen LogP contribution in [0, 0.1) is 0 Å². The Bertz CT molecular complexity index is 737. The smallest absolute Gasteiger partial charge is 0.347 e. The Morgan fingerprint density at radius 1 is 1.29 bits per heavy atom. The molecule has 0 aliphatic rings. The molecule has 8 heteroatoms. The van der Waals surface area contributed by atoms with Gasteiger partial charge in [0, 0.05) is 25.0 Å². The van der Waals surface area contributed by atoms with Gasteiger partial charge in [0.05, 0.1) is 20.3 Å². The number of aliphatic hydroxyl groups is 1. The summed E-state index contributed by atoms with van der Waals surface area (Å²) >= 11 is 0. The highest BCUT2D eigenvalue weighted by molar-refractivity contribution is 5.75. The fraction of sp³-hybridized carbons (Fsp3) is 0.312. The zero-order chi connectivity index (χ0) is 17.5. The van der Waals surface area contributed by atoms with E-state index >= 15 is 0 Å². The summed E-state index contributed by atoms with van der Waals surface area (Å²) in [6, 6.07) is 6.56. The number of nitrogens with one attached hydrogen (secondary N) is 1. The van der Waals surface area contributed by atoms with Crippen molar-refractivity contribution in [1.29, 1.82) is 0 Å². The van der Waals surface area contributed by atoms with E-state index in [-0.39, 0.29) is 13.1 Å². The molecule has 128 valence electrons. The first-order chi connectivity index (χ1) is 11.5. The Kier molecular flexibility index (Phi) is 5.91. The van der Waals surface area contributed by atoms with E-state index in [9.17, 15) is 14.7 Å². The lowest BCUT2D eigenvalue weighted by Gasteiger charge is -2.15. The van der Waals surface area contributed by atoms with Crippen molar-refractivity contribution in [2.75, 3.05) is 20.8 Å². The molecule has 0 saturated heterocycles. The Morgan fingerprint density at radius 2 is 1.96 bits per heavy atom. The normalized spacial score (nSPS) is 11.6. The minimum absolute atomic E-state index is 0.00975. The largest absolute Gasteiger partial charge is 0.497 e. The number of amides is 1. The number of carbonyl (C=O) groups is 1.